The lowest BCUT2D eigenvalue weighted by Crippen LogP contribution is -2.32. The summed E-state index contributed by atoms with van der Waals surface area (Å²) in [5.74, 6) is 0.407. The van der Waals surface area contributed by atoms with Crippen LogP contribution in [0.5, 0.6) is 0 Å². The maximum atomic E-state index is 9.98. The molecule has 1 saturated carbocycles. The quantitative estimate of drug-likeness (QED) is 0.697. The summed E-state index contributed by atoms with van der Waals surface area (Å²) in [5, 5.41) is 14.0. The molecule has 0 bridgehead atoms. The van der Waals surface area contributed by atoms with Crippen molar-refractivity contribution >= 4 is 5.71 Å². The zero-order chi connectivity index (χ0) is 10.1. The van der Waals surface area contributed by atoms with Crippen LogP contribution in [0.1, 0.15) is 26.2 Å². The number of oxime groups is 1. The first-order valence-electron chi connectivity index (χ1n) is 5.28. The van der Waals surface area contributed by atoms with Gasteiger partial charge in [-0.3, -0.25) is 0 Å². The summed E-state index contributed by atoms with van der Waals surface area (Å²) in [4.78, 5) is 5.30. The van der Waals surface area contributed by atoms with Crippen molar-refractivity contribution in [1.82, 2.24) is 0 Å². The van der Waals surface area contributed by atoms with Crippen LogP contribution in [-0.2, 0) is 4.84 Å². The predicted molar refractivity (Wildman–Crippen MR) is 55.0 cm³/mol. The molecule has 0 saturated heterocycles. The van der Waals surface area contributed by atoms with Crippen molar-refractivity contribution in [3.63, 3.8) is 0 Å². The summed E-state index contributed by atoms with van der Waals surface area (Å²) in [6, 6.07) is 0. The van der Waals surface area contributed by atoms with Gasteiger partial charge in [-0.15, -0.1) is 6.58 Å². The molecule has 0 spiro atoms. The van der Waals surface area contributed by atoms with E-state index in [1.807, 2.05) is 6.92 Å². The molecular formula is C11H17NO2. The van der Waals surface area contributed by atoms with Crippen LogP contribution < -0.4 is 0 Å². The molecule has 2 rings (SSSR count). The highest BCUT2D eigenvalue weighted by Crippen LogP contribution is 2.35. The van der Waals surface area contributed by atoms with Gasteiger partial charge in [-0.05, 0) is 19.3 Å². The van der Waals surface area contributed by atoms with Crippen molar-refractivity contribution in [3.8, 4) is 0 Å². The predicted octanol–water partition coefficient (Wildman–Crippen LogP) is 1.72. The Morgan fingerprint density at radius 3 is 3.14 bits per heavy atom. The van der Waals surface area contributed by atoms with E-state index in [1.165, 1.54) is 6.42 Å². The Balaban J connectivity index is 2.07. The lowest BCUT2D eigenvalue weighted by Gasteiger charge is -2.17. The Bertz CT molecular complexity index is 262. The second kappa shape index (κ2) is 3.73. The van der Waals surface area contributed by atoms with Crippen LogP contribution >= 0.6 is 0 Å². The van der Waals surface area contributed by atoms with Crippen LogP contribution in [0.25, 0.3) is 0 Å². The first-order valence-corrected chi connectivity index (χ1v) is 5.28. The van der Waals surface area contributed by atoms with E-state index in [2.05, 4.69) is 11.7 Å². The number of nitrogens with zero attached hydrogens (tertiary/aromatic N) is 1. The van der Waals surface area contributed by atoms with E-state index in [1.54, 1.807) is 6.08 Å². The van der Waals surface area contributed by atoms with Crippen molar-refractivity contribution in [3.05, 3.63) is 12.7 Å². The monoisotopic (exact) mass is 195 g/mol. The average molecular weight is 195 g/mol. The molecule has 1 fully saturated rings. The highest BCUT2D eigenvalue weighted by atomic mass is 16.6. The van der Waals surface area contributed by atoms with Crippen LogP contribution in [-0.4, -0.2) is 23.0 Å². The average Bonchev–Trinajstić information content (AvgIpc) is 2.76. The van der Waals surface area contributed by atoms with Crippen LogP contribution in [0.15, 0.2) is 17.8 Å². The number of hydrogen-bond acceptors (Lipinski definition) is 3. The molecule has 0 aromatic rings. The van der Waals surface area contributed by atoms with Crippen molar-refractivity contribution in [2.45, 2.75) is 38.4 Å². The van der Waals surface area contributed by atoms with Gasteiger partial charge < -0.3 is 9.94 Å². The van der Waals surface area contributed by atoms with Gasteiger partial charge in [0, 0.05) is 11.8 Å². The molecule has 1 aliphatic carbocycles. The summed E-state index contributed by atoms with van der Waals surface area (Å²) >= 11 is 0. The Morgan fingerprint density at radius 1 is 1.64 bits per heavy atom. The number of hydrogen-bond donors (Lipinski definition) is 1. The molecule has 4 atom stereocenters. The van der Waals surface area contributed by atoms with Crippen molar-refractivity contribution in [2.75, 3.05) is 0 Å². The molecule has 0 aromatic heterocycles. The smallest absolute Gasteiger partial charge is 0.135 e. The van der Waals surface area contributed by atoms with Gasteiger partial charge in [0.2, 0.25) is 0 Å². The Labute approximate surface area is 84.4 Å². The second-order valence-electron chi connectivity index (χ2n) is 4.24. The molecular weight excluding hydrogens is 178 g/mol. The maximum Gasteiger partial charge on any atom is 0.135 e. The number of rotatable bonds is 3. The standard InChI is InChI=1S/C11H17NO2/c1-3-7(2)11(13)10-8-5-4-6-9(8)14-12-10/h3,7-9,11,13H,1,4-6H2,2H3. The van der Waals surface area contributed by atoms with Gasteiger partial charge in [0.1, 0.15) is 12.2 Å². The van der Waals surface area contributed by atoms with E-state index in [-0.39, 0.29) is 12.0 Å². The molecule has 1 aliphatic heterocycles. The minimum atomic E-state index is -0.513. The van der Waals surface area contributed by atoms with E-state index >= 15 is 0 Å². The zero-order valence-corrected chi connectivity index (χ0v) is 8.52. The van der Waals surface area contributed by atoms with Gasteiger partial charge in [0.05, 0.1) is 5.71 Å². The number of aliphatic hydroxyl groups is 1. The second-order valence-corrected chi connectivity index (χ2v) is 4.24. The van der Waals surface area contributed by atoms with Gasteiger partial charge in [-0.2, -0.15) is 0 Å². The Kier molecular flexibility index (Phi) is 2.59. The Hall–Kier alpha value is -0.830. The fraction of sp³-hybridized carbons (Fsp3) is 0.727. The number of aliphatic hydroxyl groups excluding tert-OH is 1. The molecule has 1 heterocycles. The van der Waals surface area contributed by atoms with Gasteiger partial charge in [0.15, 0.2) is 0 Å². The fourth-order valence-corrected chi connectivity index (χ4v) is 2.26. The number of fused-ring (bicyclic) bond motifs is 1. The van der Waals surface area contributed by atoms with Crippen molar-refractivity contribution < 1.29 is 9.94 Å². The van der Waals surface area contributed by atoms with Gasteiger partial charge in [0.25, 0.3) is 0 Å². The van der Waals surface area contributed by atoms with E-state index in [0.29, 0.717) is 5.92 Å². The van der Waals surface area contributed by atoms with E-state index in [4.69, 9.17) is 4.84 Å². The lowest BCUT2D eigenvalue weighted by molar-refractivity contribution is 0.0745. The third kappa shape index (κ3) is 1.46. The van der Waals surface area contributed by atoms with Crippen molar-refractivity contribution in [2.24, 2.45) is 17.0 Å². The molecule has 2 aliphatic rings. The van der Waals surface area contributed by atoms with E-state index < -0.39 is 6.10 Å². The molecule has 0 aromatic carbocycles. The molecule has 3 heteroatoms. The summed E-state index contributed by atoms with van der Waals surface area (Å²) in [6.45, 7) is 5.63. The minimum absolute atomic E-state index is 0.0525. The van der Waals surface area contributed by atoms with E-state index in [9.17, 15) is 5.11 Å². The first kappa shape index (κ1) is 9.71. The highest BCUT2D eigenvalue weighted by Gasteiger charge is 2.41. The highest BCUT2D eigenvalue weighted by molar-refractivity contribution is 5.92. The molecule has 14 heavy (non-hydrogen) atoms. The molecule has 3 nitrogen and oxygen atoms in total. The molecule has 0 radical (unpaired) electrons. The third-order valence-electron chi connectivity index (χ3n) is 3.30. The van der Waals surface area contributed by atoms with Gasteiger partial charge in [-0.1, -0.05) is 18.2 Å². The largest absolute Gasteiger partial charge is 0.392 e. The zero-order valence-electron chi connectivity index (χ0n) is 8.52. The van der Waals surface area contributed by atoms with E-state index in [0.717, 1.165) is 18.6 Å². The van der Waals surface area contributed by atoms with Crippen LogP contribution in [0.4, 0.5) is 0 Å². The van der Waals surface area contributed by atoms with Crippen LogP contribution in [0.3, 0.4) is 0 Å². The van der Waals surface area contributed by atoms with Crippen molar-refractivity contribution in [1.29, 1.82) is 0 Å². The molecule has 1 N–H and O–H groups in total. The van der Waals surface area contributed by atoms with Crippen LogP contribution in [0.2, 0.25) is 0 Å². The SMILES string of the molecule is C=CC(C)C(O)C1=NOC2CCCC12. The summed E-state index contributed by atoms with van der Waals surface area (Å²) in [7, 11) is 0. The Morgan fingerprint density at radius 2 is 2.43 bits per heavy atom. The van der Waals surface area contributed by atoms with Gasteiger partial charge in [-0.25, -0.2) is 0 Å². The summed E-state index contributed by atoms with van der Waals surface area (Å²) < 4.78 is 0. The molecule has 4 unspecified atom stereocenters. The molecule has 78 valence electrons. The summed E-state index contributed by atoms with van der Waals surface area (Å²) in [6.07, 6.45) is 4.84. The summed E-state index contributed by atoms with van der Waals surface area (Å²) in [5.41, 5.74) is 0.833. The molecule has 0 amide bonds. The fourth-order valence-electron chi connectivity index (χ4n) is 2.26. The third-order valence-corrected chi connectivity index (χ3v) is 3.30. The maximum absolute atomic E-state index is 9.98. The van der Waals surface area contributed by atoms with Crippen LogP contribution in [0, 0.1) is 11.8 Å². The van der Waals surface area contributed by atoms with Gasteiger partial charge >= 0.3 is 0 Å². The first-order chi connectivity index (χ1) is 6.74. The minimum Gasteiger partial charge on any atom is -0.392 e. The lowest BCUT2D eigenvalue weighted by atomic mass is 9.90. The topological polar surface area (TPSA) is 41.8 Å². The normalized spacial score (nSPS) is 34.3.